The molecule has 0 fully saturated rings. The van der Waals surface area contributed by atoms with Gasteiger partial charge in [0.1, 0.15) is 0 Å². The van der Waals surface area contributed by atoms with Crippen LogP contribution in [0.5, 0.6) is 0 Å². The van der Waals surface area contributed by atoms with Crippen molar-refractivity contribution in [2.75, 3.05) is 13.7 Å². The van der Waals surface area contributed by atoms with E-state index in [1.54, 1.807) is 17.8 Å². The van der Waals surface area contributed by atoms with Crippen molar-refractivity contribution in [3.05, 3.63) is 29.2 Å². The van der Waals surface area contributed by atoms with Gasteiger partial charge < -0.3 is 10.0 Å². The number of aromatic nitrogens is 3. The molecule has 20 heavy (non-hydrogen) atoms. The molecule has 0 saturated carbocycles. The van der Waals surface area contributed by atoms with Crippen LogP contribution in [0.15, 0.2) is 12.3 Å². The first kappa shape index (κ1) is 14.5. The van der Waals surface area contributed by atoms with Crippen molar-refractivity contribution in [2.24, 2.45) is 0 Å². The highest BCUT2D eigenvalue weighted by molar-refractivity contribution is 5.95. The predicted octanol–water partition coefficient (Wildman–Crippen LogP) is 1.19. The SMILES string of the molecule is Cc1cc2ncc(C(=O)N(C)C(C)(C)CO)c(C)n2n1. The maximum Gasteiger partial charge on any atom is 0.257 e. The average Bonchev–Trinajstić information content (AvgIpc) is 2.79. The van der Waals surface area contributed by atoms with Crippen LogP contribution in [0.25, 0.3) is 5.65 Å². The minimum absolute atomic E-state index is 0.106. The van der Waals surface area contributed by atoms with Crippen molar-refractivity contribution in [1.29, 1.82) is 0 Å². The lowest BCUT2D eigenvalue weighted by Crippen LogP contribution is -2.48. The van der Waals surface area contributed by atoms with Crippen molar-refractivity contribution in [3.63, 3.8) is 0 Å². The molecule has 0 spiro atoms. The Morgan fingerprint density at radius 1 is 1.45 bits per heavy atom. The number of hydrogen-bond donors (Lipinski definition) is 1. The summed E-state index contributed by atoms with van der Waals surface area (Å²) in [6.07, 6.45) is 1.57. The number of fused-ring (bicyclic) bond motifs is 1. The van der Waals surface area contributed by atoms with Gasteiger partial charge in [0.15, 0.2) is 5.65 Å². The summed E-state index contributed by atoms with van der Waals surface area (Å²) >= 11 is 0. The molecule has 0 unspecified atom stereocenters. The minimum Gasteiger partial charge on any atom is -0.394 e. The molecule has 2 aromatic rings. The number of aryl methyl sites for hydroxylation is 2. The fourth-order valence-corrected chi connectivity index (χ4v) is 1.93. The molecule has 2 rings (SSSR count). The summed E-state index contributed by atoms with van der Waals surface area (Å²) in [6.45, 7) is 7.24. The third-order valence-electron chi connectivity index (χ3n) is 3.68. The lowest BCUT2D eigenvalue weighted by Gasteiger charge is -2.34. The van der Waals surface area contributed by atoms with Gasteiger partial charge in [0.25, 0.3) is 5.91 Å². The highest BCUT2D eigenvalue weighted by Crippen LogP contribution is 2.18. The molecule has 2 aromatic heterocycles. The van der Waals surface area contributed by atoms with Crippen molar-refractivity contribution >= 4 is 11.6 Å². The van der Waals surface area contributed by atoms with E-state index in [-0.39, 0.29) is 12.5 Å². The van der Waals surface area contributed by atoms with Gasteiger partial charge in [-0.25, -0.2) is 9.50 Å². The third-order valence-corrected chi connectivity index (χ3v) is 3.68. The molecule has 108 valence electrons. The van der Waals surface area contributed by atoms with Gasteiger partial charge in [0, 0.05) is 19.3 Å². The predicted molar refractivity (Wildman–Crippen MR) is 75.7 cm³/mol. The number of carbonyl (C=O) groups excluding carboxylic acids is 1. The number of rotatable bonds is 3. The van der Waals surface area contributed by atoms with Crippen molar-refractivity contribution < 1.29 is 9.90 Å². The Morgan fingerprint density at radius 3 is 2.70 bits per heavy atom. The first-order valence-corrected chi connectivity index (χ1v) is 6.49. The van der Waals surface area contributed by atoms with E-state index in [2.05, 4.69) is 10.1 Å². The number of hydrogen-bond acceptors (Lipinski definition) is 4. The number of aliphatic hydroxyl groups excluding tert-OH is 1. The summed E-state index contributed by atoms with van der Waals surface area (Å²) in [6, 6.07) is 1.86. The van der Waals surface area contributed by atoms with Gasteiger partial charge in [-0.3, -0.25) is 4.79 Å². The maximum absolute atomic E-state index is 12.6. The number of nitrogens with zero attached hydrogens (tertiary/aromatic N) is 4. The summed E-state index contributed by atoms with van der Waals surface area (Å²) in [5.41, 5.74) is 2.19. The first-order valence-electron chi connectivity index (χ1n) is 6.49. The molecule has 0 aliphatic rings. The molecule has 0 aromatic carbocycles. The summed E-state index contributed by atoms with van der Waals surface area (Å²) in [5, 5.41) is 13.7. The van der Waals surface area contributed by atoms with Crippen molar-refractivity contribution in [1.82, 2.24) is 19.5 Å². The van der Waals surface area contributed by atoms with Gasteiger partial charge in [-0.2, -0.15) is 5.10 Å². The number of amides is 1. The zero-order chi connectivity index (χ0) is 15.1. The molecule has 6 nitrogen and oxygen atoms in total. The smallest absolute Gasteiger partial charge is 0.257 e. The van der Waals surface area contributed by atoms with E-state index < -0.39 is 5.54 Å². The molecular weight excluding hydrogens is 256 g/mol. The zero-order valence-electron chi connectivity index (χ0n) is 12.5. The lowest BCUT2D eigenvalue weighted by atomic mass is 10.0. The Hall–Kier alpha value is -1.95. The summed E-state index contributed by atoms with van der Waals surface area (Å²) in [7, 11) is 1.68. The molecule has 0 bridgehead atoms. The van der Waals surface area contributed by atoms with Crippen LogP contribution in [0.1, 0.15) is 35.6 Å². The van der Waals surface area contributed by atoms with E-state index in [4.69, 9.17) is 0 Å². The Balaban J connectivity index is 2.47. The highest BCUT2D eigenvalue weighted by atomic mass is 16.3. The second-order valence-corrected chi connectivity index (χ2v) is 5.65. The maximum atomic E-state index is 12.6. The first-order chi connectivity index (χ1) is 9.27. The lowest BCUT2D eigenvalue weighted by molar-refractivity contribution is 0.0471. The monoisotopic (exact) mass is 276 g/mol. The quantitative estimate of drug-likeness (QED) is 0.914. The number of likely N-dealkylation sites (N-methyl/N-ethyl adjacent to an activating group) is 1. The number of carbonyl (C=O) groups is 1. The standard InChI is InChI=1S/C14H20N4O2/c1-9-6-12-15-7-11(10(2)18(12)16-9)13(20)17(5)14(3,4)8-19/h6-7,19H,8H2,1-5H3. The second-order valence-electron chi connectivity index (χ2n) is 5.65. The van der Waals surface area contributed by atoms with Crippen LogP contribution >= 0.6 is 0 Å². The van der Waals surface area contributed by atoms with Gasteiger partial charge in [0.2, 0.25) is 0 Å². The fourth-order valence-electron chi connectivity index (χ4n) is 1.93. The molecule has 0 radical (unpaired) electrons. The molecule has 2 heterocycles. The van der Waals surface area contributed by atoms with Crippen molar-refractivity contribution in [2.45, 2.75) is 33.2 Å². The Morgan fingerprint density at radius 2 is 2.10 bits per heavy atom. The summed E-state index contributed by atoms with van der Waals surface area (Å²) < 4.78 is 1.67. The molecule has 0 saturated heterocycles. The average molecular weight is 276 g/mol. The van der Waals surface area contributed by atoms with Crippen LogP contribution in [0, 0.1) is 13.8 Å². The van der Waals surface area contributed by atoms with E-state index in [0.29, 0.717) is 5.56 Å². The molecule has 6 heteroatoms. The van der Waals surface area contributed by atoms with Crippen LogP contribution in [0.4, 0.5) is 0 Å². The molecule has 0 aliphatic carbocycles. The van der Waals surface area contributed by atoms with Crippen LogP contribution in [0.2, 0.25) is 0 Å². The zero-order valence-corrected chi connectivity index (χ0v) is 12.5. The largest absolute Gasteiger partial charge is 0.394 e. The van der Waals surface area contributed by atoms with Gasteiger partial charge in [-0.1, -0.05) is 0 Å². The topological polar surface area (TPSA) is 70.7 Å². The Kier molecular flexibility index (Phi) is 3.52. The van der Waals surface area contributed by atoms with E-state index >= 15 is 0 Å². The normalized spacial score (nSPS) is 11.9. The molecular formula is C14H20N4O2. The molecule has 0 atom stereocenters. The van der Waals surface area contributed by atoms with E-state index in [1.165, 1.54) is 4.90 Å². The van der Waals surface area contributed by atoms with Crippen LogP contribution < -0.4 is 0 Å². The van der Waals surface area contributed by atoms with E-state index in [1.807, 2.05) is 33.8 Å². The van der Waals surface area contributed by atoms with E-state index in [9.17, 15) is 9.90 Å². The summed E-state index contributed by atoms with van der Waals surface area (Å²) in [4.78, 5) is 18.3. The van der Waals surface area contributed by atoms with Crippen LogP contribution in [0.3, 0.4) is 0 Å². The molecule has 1 N–H and O–H groups in total. The van der Waals surface area contributed by atoms with Crippen molar-refractivity contribution in [3.8, 4) is 0 Å². The highest BCUT2D eigenvalue weighted by Gasteiger charge is 2.29. The van der Waals surface area contributed by atoms with Gasteiger partial charge >= 0.3 is 0 Å². The van der Waals surface area contributed by atoms with Gasteiger partial charge in [-0.05, 0) is 27.7 Å². The number of aliphatic hydroxyl groups is 1. The Labute approximate surface area is 118 Å². The van der Waals surface area contributed by atoms with Gasteiger partial charge in [-0.15, -0.1) is 0 Å². The molecule has 1 amide bonds. The van der Waals surface area contributed by atoms with E-state index in [0.717, 1.165) is 17.0 Å². The van der Waals surface area contributed by atoms with Crippen LogP contribution in [-0.4, -0.2) is 49.7 Å². The fraction of sp³-hybridized carbons (Fsp3) is 0.500. The summed E-state index contributed by atoms with van der Waals surface area (Å²) in [5.74, 6) is -0.177. The minimum atomic E-state index is -0.626. The van der Waals surface area contributed by atoms with Gasteiger partial charge in [0.05, 0.1) is 29.1 Å². The second kappa shape index (κ2) is 4.86. The molecule has 0 aliphatic heterocycles. The van der Waals surface area contributed by atoms with Crippen LogP contribution in [-0.2, 0) is 0 Å². The Bertz CT molecular complexity index is 660. The third kappa shape index (κ3) is 2.27.